The first-order valence-corrected chi connectivity index (χ1v) is 6.58. The maximum Gasteiger partial charge on any atom is 0.248 e. The average molecular weight is 268 g/mol. The molecule has 0 aliphatic heterocycles. The van der Waals surface area contributed by atoms with Crippen LogP contribution in [0.15, 0.2) is 0 Å². The highest BCUT2D eigenvalue weighted by molar-refractivity contribution is 5.80. The molecule has 1 amide bonds. The highest BCUT2D eigenvalue weighted by Crippen LogP contribution is 2.36. The summed E-state index contributed by atoms with van der Waals surface area (Å²) >= 11 is 0. The molecule has 1 heterocycles. The zero-order valence-electron chi connectivity index (χ0n) is 11.2. The van der Waals surface area contributed by atoms with Gasteiger partial charge in [-0.15, -0.1) is 10.2 Å². The number of nitrogens with one attached hydrogen (secondary N) is 1. The number of hydrogen-bond donors (Lipinski definition) is 3. The summed E-state index contributed by atoms with van der Waals surface area (Å²) in [5.41, 5.74) is 0. The van der Waals surface area contributed by atoms with Gasteiger partial charge in [0.15, 0.2) is 5.82 Å². The van der Waals surface area contributed by atoms with Gasteiger partial charge in [-0.05, 0) is 26.7 Å². The zero-order chi connectivity index (χ0) is 14.0. The van der Waals surface area contributed by atoms with Crippen molar-refractivity contribution in [2.45, 2.75) is 57.9 Å². The molecule has 2 rings (SSSR count). The molecular formula is C12H20N4O3. The van der Waals surface area contributed by atoms with Gasteiger partial charge in [0.2, 0.25) is 5.91 Å². The van der Waals surface area contributed by atoms with Crippen LogP contribution in [0.4, 0.5) is 0 Å². The summed E-state index contributed by atoms with van der Waals surface area (Å²) in [7, 11) is 0. The smallest absolute Gasteiger partial charge is 0.248 e. The molecule has 0 spiro atoms. The first kappa shape index (κ1) is 14.0. The quantitative estimate of drug-likeness (QED) is 0.670. The first-order valence-electron chi connectivity index (χ1n) is 6.58. The minimum absolute atomic E-state index is 0.0895. The predicted molar refractivity (Wildman–Crippen MR) is 67.2 cm³/mol. The number of aliphatic hydroxyl groups excluding tert-OH is 2. The third kappa shape index (κ3) is 2.76. The summed E-state index contributed by atoms with van der Waals surface area (Å²) in [5, 5.41) is 29.1. The second kappa shape index (κ2) is 5.66. The van der Waals surface area contributed by atoms with Crippen molar-refractivity contribution in [2.24, 2.45) is 0 Å². The van der Waals surface area contributed by atoms with Crippen molar-refractivity contribution in [1.82, 2.24) is 20.1 Å². The highest BCUT2D eigenvalue weighted by Gasteiger charge is 2.35. The molecule has 1 fully saturated rings. The van der Waals surface area contributed by atoms with E-state index in [1.807, 2.05) is 11.5 Å². The summed E-state index contributed by atoms with van der Waals surface area (Å²) in [6.45, 7) is 4.04. The normalized spacial score (nSPS) is 23.8. The monoisotopic (exact) mass is 268 g/mol. The topological polar surface area (TPSA) is 100 Å². The van der Waals surface area contributed by atoms with Crippen LogP contribution < -0.4 is 5.32 Å². The van der Waals surface area contributed by atoms with Gasteiger partial charge in [0.1, 0.15) is 18.5 Å². The molecule has 0 aromatic carbocycles. The van der Waals surface area contributed by atoms with E-state index in [9.17, 15) is 4.79 Å². The van der Waals surface area contributed by atoms with E-state index in [1.54, 1.807) is 0 Å². The number of carbonyl (C=O) groups excluding carboxylic acids is 1. The lowest BCUT2D eigenvalue weighted by atomic mass is 9.79. The highest BCUT2D eigenvalue weighted by atomic mass is 16.3. The van der Waals surface area contributed by atoms with Crippen molar-refractivity contribution in [2.75, 3.05) is 0 Å². The average Bonchev–Trinajstić information content (AvgIpc) is 2.74. The molecule has 7 nitrogen and oxygen atoms in total. The lowest BCUT2D eigenvalue weighted by Crippen LogP contribution is -2.47. The third-order valence-electron chi connectivity index (χ3n) is 3.54. The fourth-order valence-electron chi connectivity index (χ4n) is 2.38. The number of aliphatic hydroxyl groups is 2. The molecule has 1 aromatic heterocycles. The van der Waals surface area contributed by atoms with E-state index in [2.05, 4.69) is 15.5 Å². The van der Waals surface area contributed by atoms with Gasteiger partial charge >= 0.3 is 0 Å². The Morgan fingerprint density at radius 3 is 2.74 bits per heavy atom. The second-order valence-electron chi connectivity index (χ2n) is 4.93. The Morgan fingerprint density at radius 2 is 2.21 bits per heavy atom. The predicted octanol–water partition coefficient (Wildman–Crippen LogP) is -0.467. The molecule has 0 bridgehead atoms. The molecule has 7 heteroatoms. The van der Waals surface area contributed by atoms with Crippen LogP contribution in [0, 0.1) is 0 Å². The molecular weight excluding hydrogens is 248 g/mol. The molecule has 1 aliphatic rings. The van der Waals surface area contributed by atoms with Crippen LogP contribution >= 0.6 is 0 Å². The van der Waals surface area contributed by atoms with Crippen LogP contribution in [0.25, 0.3) is 0 Å². The van der Waals surface area contributed by atoms with E-state index < -0.39 is 6.10 Å². The van der Waals surface area contributed by atoms with Crippen molar-refractivity contribution < 1.29 is 15.0 Å². The molecule has 0 saturated heterocycles. The number of rotatable bonds is 5. The molecule has 0 unspecified atom stereocenters. The minimum Gasteiger partial charge on any atom is -0.388 e. The van der Waals surface area contributed by atoms with Crippen LogP contribution in [-0.4, -0.2) is 43.0 Å². The molecule has 0 radical (unpaired) electrons. The van der Waals surface area contributed by atoms with Crippen LogP contribution in [0.5, 0.6) is 0 Å². The van der Waals surface area contributed by atoms with Gasteiger partial charge in [0.05, 0.1) is 0 Å². The van der Waals surface area contributed by atoms with Crippen LogP contribution in [0.2, 0.25) is 0 Å². The van der Waals surface area contributed by atoms with Crippen molar-refractivity contribution in [3.8, 4) is 0 Å². The number of hydrogen-bond acceptors (Lipinski definition) is 5. The first-order chi connectivity index (χ1) is 9.06. The SMILES string of the molecule is CCn1c(CO)nnc1C1CC(NC(=O)[C@H](C)O)C1. The summed E-state index contributed by atoms with van der Waals surface area (Å²) in [6.07, 6.45) is 0.615. The molecule has 1 saturated carbocycles. The van der Waals surface area contributed by atoms with Gasteiger partial charge in [-0.2, -0.15) is 0 Å². The Hall–Kier alpha value is -1.47. The number of carbonyl (C=O) groups is 1. The van der Waals surface area contributed by atoms with Crippen molar-refractivity contribution in [3.05, 3.63) is 11.6 Å². The largest absolute Gasteiger partial charge is 0.388 e. The maximum absolute atomic E-state index is 11.3. The van der Waals surface area contributed by atoms with Gasteiger partial charge in [0, 0.05) is 18.5 Å². The molecule has 1 atom stereocenters. The fraction of sp³-hybridized carbons (Fsp3) is 0.750. The second-order valence-corrected chi connectivity index (χ2v) is 4.93. The van der Waals surface area contributed by atoms with E-state index >= 15 is 0 Å². The maximum atomic E-state index is 11.3. The third-order valence-corrected chi connectivity index (χ3v) is 3.54. The molecule has 1 aliphatic carbocycles. The van der Waals surface area contributed by atoms with E-state index in [1.165, 1.54) is 6.92 Å². The molecule has 106 valence electrons. The summed E-state index contributed by atoms with van der Waals surface area (Å²) in [5.74, 6) is 1.37. The lowest BCUT2D eigenvalue weighted by molar-refractivity contribution is -0.129. The Labute approximate surface area is 111 Å². The zero-order valence-corrected chi connectivity index (χ0v) is 11.2. The standard InChI is InChI=1S/C12H20N4O3/c1-3-16-10(6-17)14-15-11(16)8-4-9(5-8)13-12(19)7(2)18/h7-9,17-18H,3-6H2,1-2H3,(H,13,19)/t7-,8?,9?/m0/s1. The van der Waals surface area contributed by atoms with E-state index in [0.717, 1.165) is 25.2 Å². The van der Waals surface area contributed by atoms with Gasteiger partial charge in [-0.3, -0.25) is 4.79 Å². The fourth-order valence-corrected chi connectivity index (χ4v) is 2.38. The van der Waals surface area contributed by atoms with E-state index in [-0.39, 0.29) is 24.5 Å². The molecule has 19 heavy (non-hydrogen) atoms. The van der Waals surface area contributed by atoms with E-state index in [0.29, 0.717) is 5.82 Å². The summed E-state index contributed by atoms with van der Waals surface area (Å²) in [4.78, 5) is 11.3. The van der Waals surface area contributed by atoms with Gasteiger partial charge < -0.3 is 20.1 Å². The van der Waals surface area contributed by atoms with Gasteiger partial charge in [0.25, 0.3) is 0 Å². The van der Waals surface area contributed by atoms with Gasteiger partial charge in [-0.1, -0.05) is 0 Å². The van der Waals surface area contributed by atoms with Crippen LogP contribution in [-0.2, 0) is 17.9 Å². The van der Waals surface area contributed by atoms with Crippen molar-refractivity contribution in [3.63, 3.8) is 0 Å². The Morgan fingerprint density at radius 1 is 1.53 bits per heavy atom. The number of amides is 1. The van der Waals surface area contributed by atoms with Gasteiger partial charge in [-0.25, -0.2) is 0 Å². The molecule has 1 aromatic rings. The van der Waals surface area contributed by atoms with E-state index in [4.69, 9.17) is 10.2 Å². The Balaban J connectivity index is 1.93. The van der Waals surface area contributed by atoms with Crippen molar-refractivity contribution in [1.29, 1.82) is 0 Å². The van der Waals surface area contributed by atoms with Crippen LogP contribution in [0.1, 0.15) is 44.3 Å². The summed E-state index contributed by atoms with van der Waals surface area (Å²) < 4.78 is 1.91. The minimum atomic E-state index is -0.973. The lowest BCUT2D eigenvalue weighted by Gasteiger charge is -2.35. The Bertz CT molecular complexity index is 452. The summed E-state index contributed by atoms with van der Waals surface area (Å²) in [6, 6.07) is 0.0895. The Kier molecular flexibility index (Phi) is 4.16. The van der Waals surface area contributed by atoms with Crippen molar-refractivity contribution >= 4 is 5.91 Å². The molecule has 3 N–H and O–H groups in total. The number of nitrogens with zero attached hydrogens (tertiary/aromatic N) is 3. The number of aromatic nitrogens is 3. The van der Waals surface area contributed by atoms with Crippen LogP contribution in [0.3, 0.4) is 0 Å².